The van der Waals surface area contributed by atoms with Crippen molar-refractivity contribution in [2.24, 2.45) is 4.99 Å². The zero-order valence-electron chi connectivity index (χ0n) is 20.9. The fourth-order valence-corrected chi connectivity index (χ4v) is 4.61. The van der Waals surface area contributed by atoms with Gasteiger partial charge in [0, 0.05) is 49.0 Å². The average Bonchev–Trinajstić information content (AvgIpc) is 3.15. The molecule has 4 rings (SSSR count). The maximum Gasteiger partial charge on any atom is 0.289 e. The van der Waals surface area contributed by atoms with Crippen molar-refractivity contribution in [3.05, 3.63) is 70.9 Å². The molecule has 0 spiro atoms. The minimum Gasteiger partial charge on any atom is -0.494 e. The van der Waals surface area contributed by atoms with Gasteiger partial charge in [-0.25, -0.2) is 0 Å². The fourth-order valence-electron chi connectivity index (χ4n) is 4.42. The third-order valence-electron chi connectivity index (χ3n) is 6.46. The number of aliphatic imine (C=N–C) groups is 1. The van der Waals surface area contributed by atoms with Gasteiger partial charge in [-0.15, -0.1) is 0 Å². The second-order valence-corrected chi connectivity index (χ2v) is 9.57. The van der Waals surface area contributed by atoms with Crippen LogP contribution in [0.15, 0.2) is 59.7 Å². The van der Waals surface area contributed by atoms with Gasteiger partial charge >= 0.3 is 0 Å². The van der Waals surface area contributed by atoms with Gasteiger partial charge in [-0.2, -0.15) is 0 Å². The van der Waals surface area contributed by atoms with Crippen molar-refractivity contribution in [2.45, 2.75) is 39.2 Å². The minimum atomic E-state index is -0.149. The van der Waals surface area contributed by atoms with Gasteiger partial charge in [0.25, 0.3) is 11.8 Å². The van der Waals surface area contributed by atoms with Gasteiger partial charge in [0.05, 0.1) is 6.61 Å². The van der Waals surface area contributed by atoms with Crippen molar-refractivity contribution in [2.75, 3.05) is 32.8 Å². The standard InChI is InChI=1S/C28H33ClN4O3/c1-3-4-15-36-25-10-6-8-22(17-25)27(34)33-14-13-32(19-20(33)2)28(35)26-30-12-11-23(18-31-26)21-7-5-9-24(29)16-21/h5-10,16-18,20H,3-4,11-15,19H2,1-2H3,(H,30,31). The summed E-state index contributed by atoms with van der Waals surface area (Å²) in [5.74, 6) is 0.841. The highest BCUT2D eigenvalue weighted by molar-refractivity contribution is 6.38. The van der Waals surface area contributed by atoms with Crippen LogP contribution in [0.4, 0.5) is 0 Å². The molecular weight excluding hydrogens is 476 g/mol. The van der Waals surface area contributed by atoms with Crippen LogP contribution in [0.3, 0.4) is 0 Å². The summed E-state index contributed by atoms with van der Waals surface area (Å²) in [4.78, 5) is 34.5. The smallest absolute Gasteiger partial charge is 0.289 e. The van der Waals surface area contributed by atoms with E-state index in [4.69, 9.17) is 16.3 Å². The number of unbranched alkanes of at least 4 members (excludes halogenated alkanes) is 1. The van der Waals surface area contributed by atoms with Crippen LogP contribution in [0.5, 0.6) is 5.75 Å². The molecule has 0 aromatic heterocycles. The van der Waals surface area contributed by atoms with Gasteiger partial charge in [-0.3, -0.25) is 14.6 Å². The molecule has 1 atom stereocenters. The van der Waals surface area contributed by atoms with Gasteiger partial charge in [0.1, 0.15) is 5.75 Å². The predicted molar refractivity (Wildman–Crippen MR) is 143 cm³/mol. The molecule has 1 unspecified atom stereocenters. The summed E-state index contributed by atoms with van der Waals surface area (Å²) in [5.41, 5.74) is 2.66. The molecule has 2 aliphatic rings. The molecule has 190 valence electrons. The van der Waals surface area contributed by atoms with Gasteiger partial charge in [0.2, 0.25) is 0 Å². The second-order valence-electron chi connectivity index (χ2n) is 9.13. The molecule has 1 saturated heterocycles. The first-order chi connectivity index (χ1) is 17.5. The van der Waals surface area contributed by atoms with Crippen LogP contribution in [-0.2, 0) is 4.79 Å². The van der Waals surface area contributed by atoms with Crippen LogP contribution < -0.4 is 10.1 Å². The van der Waals surface area contributed by atoms with E-state index in [0.717, 1.165) is 24.0 Å². The number of nitrogens with one attached hydrogen (secondary N) is 1. The first-order valence-electron chi connectivity index (χ1n) is 12.6. The van der Waals surface area contributed by atoms with E-state index in [2.05, 4.69) is 17.2 Å². The lowest BCUT2D eigenvalue weighted by atomic mass is 10.0. The van der Waals surface area contributed by atoms with Gasteiger partial charge in [-0.05, 0) is 61.2 Å². The van der Waals surface area contributed by atoms with Crippen molar-refractivity contribution in [3.63, 3.8) is 0 Å². The molecule has 7 nitrogen and oxygen atoms in total. The number of ether oxygens (including phenoxy) is 1. The zero-order chi connectivity index (χ0) is 25.5. The number of piperazine rings is 1. The Hall–Kier alpha value is -3.32. The Bertz CT molecular complexity index is 1160. The summed E-state index contributed by atoms with van der Waals surface area (Å²) in [6.45, 7) is 6.59. The van der Waals surface area contributed by atoms with E-state index < -0.39 is 0 Å². The highest BCUT2D eigenvalue weighted by Gasteiger charge is 2.32. The topological polar surface area (TPSA) is 74.2 Å². The van der Waals surface area contributed by atoms with Crippen molar-refractivity contribution in [3.8, 4) is 5.75 Å². The van der Waals surface area contributed by atoms with Crippen molar-refractivity contribution >= 4 is 34.8 Å². The third-order valence-corrected chi connectivity index (χ3v) is 6.69. The number of hydrogen-bond donors (Lipinski definition) is 1. The van der Waals surface area contributed by atoms with Crippen LogP contribution >= 0.6 is 11.6 Å². The summed E-state index contributed by atoms with van der Waals surface area (Å²) < 4.78 is 5.76. The Balaban J connectivity index is 1.36. The van der Waals surface area contributed by atoms with Gasteiger partial charge in [-0.1, -0.05) is 43.1 Å². The van der Waals surface area contributed by atoms with Crippen LogP contribution in [0.1, 0.15) is 49.0 Å². The number of amides is 2. The Labute approximate surface area is 217 Å². The molecule has 2 heterocycles. The molecule has 0 aliphatic carbocycles. The molecule has 2 aromatic carbocycles. The number of nitrogens with zero attached hydrogens (tertiary/aromatic N) is 3. The average molecular weight is 509 g/mol. The molecule has 1 N–H and O–H groups in total. The van der Waals surface area contributed by atoms with E-state index in [0.29, 0.717) is 61.4 Å². The van der Waals surface area contributed by atoms with E-state index in [1.807, 2.05) is 60.5 Å². The Morgan fingerprint density at radius 1 is 1.14 bits per heavy atom. The zero-order valence-corrected chi connectivity index (χ0v) is 21.6. The lowest BCUT2D eigenvalue weighted by Gasteiger charge is -2.40. The monoisotopic (exact) mass is 508 g/mol. The molecule has 2 aliphatic heterocycles. The number of rotatable bonds is 7. The normalized spacial score (nSPS) is 18.0. The number of benzene rings is 2. The Kier molecular flexibility index (Phi) is 8.65. The summed E-state index contributed by atoms with van der Waals surface area (Å²) in [5, 5.41) is 3.78. The molecular formula is C28H33ClN4O3. The molecule has 8 heteroatoms. The maximum absolute atomic E-state index is 13.2. The maximum atomic E-state index is 13.2. The summed E-state index contributed by atoms with van der Waals surface area (Å²) in [7, 11) is 0. The number of carbonyl (C=O) groups excluding carboxylic acids is 2. The van der Waals surface area contributed by atoms with E-state index in [9.17, 15) is 9.59 Å². The summed E-state index contributed by atoms with van der Waals surface area (Å²) in [6.07, 6.45) is 4.58. The highest BCUT2D eigenvalue weighted by Crippen LogP contribution is 2.23. The summed E-state index contributed by atoms with van der Waals surface area (Å²) in [6, 6.07) is 14.9. The largest absolute Gasteiger partial charge is 0.494 e. The van der Waals surface area contributed by atoms with E-state index in [1.165, 1.54) is 0 Å². The first-order valence-corrected chi connectivity index (χ1v) is 12.9. The van der Waals surface area contributed by atoms with Crippen LogP contribution in [0.25, 0.3) is 5.57 Å². The molecule has 1 fully saturated rings. The quantitative estimate of drug-likeness (QED) is 0.554. The molecule has 36 heavy (non-hydrogen) atoms. The van der Waals surface area contributed by atoms with E-state index in [1.54, 1.807) is 11.0 Å². The molecule has 2 amide bonds. The van der Waals surface area contributed by atoms with Crippen LogP contribution in [-0.4, -0.2) is 66.3 Å². The van der Waals surface area contributed by atoms with E-state index in [-0.39, 0.29) is 17.9 Å². The second kappa shape index (κ2) is 12.1. The molecule has 0 bridgehead atoms. The lowest BCUT2D eigenvalue weighted by molar-refractivity contribution is -0.126. The fraction of sp³-hybridized carbons (Fsp3) is 0.393. The molecule has 2 aromatic rings. The number of amidine groups is 1. The van der Waals surface area contributed by atoms with Gasteiger partial charge < -0.3 is 19.9 Å². The van der Waals surface area contributed by atoms with Gasteiger partial charge in [0.15, 0.2) is 5.84 Å². The van der Waals surface area contributed by atoms with Crippen molar-refractivity contribution in [1.29, 1.82) is 0 Å². The van der Waals surface area contributed by atoms with Crippen LogP contribution in [0.2, 0.25) is 5.02 Å². The first kappa shape index (κ1) is 25.8. The van der Waals surface area contributed by atoms with Crippen molar-refractivity contribution < 1.29 is 14.3 Å². The predicted octanol–water partition coefficient (Wildman–Crippen LogP) is 4.62. The number of hydrogen-bond acceptors (Lipinski definition) is 5. The van der Waals surface area contributed by atoms with Crippen molar-refractivity contribution in [1.82, 2.24) is 15.1 Å². The number of halogens is 1. The SMILES string of the molecule is CCCCOc1cccc(C(=O)N2CCN(C(=O)C3=NCCC(c4cccc(Cl)c4)=CN3)CC2C)c1. The number of carbonyl (C=O) groups is 2. The minimum absolute atomic E-state index is 0.0467. The Morgan fingerprint density at radius 2 is 1.97 bits per heavy atom. The molecule has 0 saturated carbocycles. The van der Waals surface area contributed by atoms with Crippen LogP contribution in [0, 0.1) is 0 Å². The highest BCUT2D eigenvalue weighted by atomic mass is 35.5. The summed E-state index contributed by atoms with van der Waals surface area (Å²) >= 11 is 6.13. The lowest BCUT2D eigenvalue weighted by Crippen LogP contribution is -2.57. The van der Waals surface area contributed by atoms with E-state index >= 15 is 0 Å². The Morgan fingerprint density at radius 3 is 2.75 bits per heavy atom. The molecule has 0 radical (unpaired) electrons. The third kappa shape index (κ3) is 6.26.